The minimum atomic E-state index is -4.51. The fourth-order valence-electron chi connectivity index (χ4n) is 5.23. The summed E-state index contributed by atoms with van der Waals surface area (Å²) in [4.78, 5) is 19.4. The summed E-state index contributed by atoms with van der Waals surface area (Å²) in [5.74, 6) is 0.703. The van der Waals surface area contributed by atoms with Crippen LogP contribution in [0.25, 0.3) is 22.3 Å². The number of benzene rings is 1. The first-order chi connectivity index (χ1) is 16.3. The van der Waals surface area contributed by atoms with Crippen molar-refractivity contribution in [3.05, 3.63) is 30.0 Å². The molecular weight excluding hydrogens is 447 g/mol. The van der Waals surface area contributed by atoms with Gasteiger partial charge in [-0.25, -0.2) is 4.98 Å². The molecule has 0 unspecified atom stereocenters. The quantitative estimate of drug-likeness (QED) is 0.527. The molecular formula is C24H28F3N5O2. The third-order valence-corrected chi connectivity index (χ3v) is 7.04. The van der Waals surface area contributed by atoms with Gasteiger partial charge in [0.05, 0.1) is 22.8 Å². The Hall–Kier alpha value is -2.88. The van der Waals surface area contributed by atoms with Crippen molar-refractivity contribution in [1.29, 1.82) is 0 Å². The van der Waals surface area contributed by atoms with Gasteiger partial charge in [-0.2, -0.15) is 18.3 Å². The molecule has 0 bridgehead atoms. The molecule has 1 aliphatic carbocycles. The maximum Gasteiger partial charge on any atom is 0.435 e. The number of aromatic nitrogens is 4. The molecule has 5 rings (SSSR count). The Bertz CT molecular complexity index is 1210. The Morgan fingerprint density at radius 3 is 2.50 bits per heavy atom. The smallest absolute Gasteiger partial charge is 0.381 e. The lowest BCUT2D eigenvalue weighted by atomic mass is 9.92. The van der Waals surface area contributed by atoms with Gasteiger partial charge in [0.2, 0.25) is 11.9 Å². The van der Waals surface area contributed by atoms with Gasteiger partial charge in [0.25, 0.3) is 0 Å². The summed E-state index contributed by atoms with van der Waals surface area (Å²) in [7, 11) is 3.24. The van der Waals surface area contributed by atoms with E-state index in [1.807, 2.05) is 6.07 Å². The molecule has 3 aromatic rings. The van der Waals surface area contributed by atoms with Gasteiger partial charge < -0.3 is 9.30 Å². The summed E-state index contributed by atoms with van der Waals surface area (Å²) in [5.41, 5.74) is 1.58. The maximum absolute atomic E-state index is 13.2. The number of halogens is 3. The number of ether oxygens (including phenoxy) is 1. The molecule has 1 amide bonds. The number of aryl methyl sites for hydroxylation is 1. The molecule has 1 saturated carbocycles. The number of carbonyl (C=O) groups excluding carboxylic acids is 1. The number of amides is 1. The van der Waals surface area contributed by atoms with Crippen molar-refractivity contribution < 1.29 is 22.7 Å². The Labute approximate surface area is 195 Å². The van der Waals surface area contributed by atoms with Crippen LogP contribution in [0, 0.1) is 0 Å². The zero-order chi connectivity index (χ0) is 24.0. The molecule has 0 radical (unpaired) electrons. The number of fused-ring (bicyclic) bond motifs is 1. The van der Waals surface area contributed by atoms with Gasteiger partial charge in [0.15, 0.2) is 5.69 Å². The second-order valence-corrected chi connectivity index (χ2v) is 9.19. The van der Waals surface area contributed by atoms with Gasteiger partial charge in [-0.05, 0) is 56.7 Å². The Morgan fingerprint density at radius 2 is 1.85 bits per heavy atom. The van der Waals surface area contributed by atoms with E-state index in [0.717, 1.165) is 50.1 Å². The van der Waals surface area contributed by atoms with Gasteiger partial charge in [0, 0.05) is 38.7 Å². The van der Waals surface area contributed by atoms with E-state index in [9.17, 15) is 18.0 Å². The first-order valence-electron chi connectivity index (χ1n) is 11.7. The van der Waals surface area contributed by atoms with Gasteiger partial charge in [-0.1, -0.05) is 6.07 Å². The van der Waals surface area contributed by atoms with Crippen LogP contribution in [-0.2, 0) is 22.8 Å². The molecule has 34 heavy (non-hydrogen) atoms. The van der Waals surface area contributed by atoms with Crippen LogP contribution in [0.5, 0.6) is 0 Å². The molecule has 2 fully saturated rings. The van der Waals surface area contributed by atoms with Gasteiger partial charge in [0.1, 0.15) is 0 Å². The molecule has 3 heterocycles. The molecule has 0 atom stereocenters. The number of imidazole rings is 1. The number of carbonyl (C=O) groups is 1. The van der Waals surface area contributed by atoms with E-state index in [-0.39, 0.29) is 18.1 Å². The fourth-order valence-corrected chi connectivity index (χ4v) is 5.23. The average Bonchev–Trinajstić information content (AvgIpc) is 3.39. The van der Waals surface area contributed by atoms with Gasteiger partial charge in [-0.15, -0.1) is 0 Å². The molecule has 182 valence electrons. The van der Waals surface area contributed by atoms with Crippen molar-refractivity contribution in [3.63, 3.8) is 0 Å². The molecule has 2 aromatic heterocycles. The van der Waals surface area contributed by atoms with E-state index in [1.54, 1.807) is 24.1 Å². The second kappa shape index (κ2) is 8.72. The predicted octanol–water partition coefficient (Wildman–Crippen LogP) is 5.10. The average molecular weight is 476 g/mol. The summed E-state index contributed by atoms with van der Waals surface area (Å²) in [5, 5.41) is 3.63. The molecule has 7 nitrogen and oxygen atoms in total. The highest BCUT2D eigenvalue weighted by Crippen LogP contribution is 2.38. The standard InChI is InChI=1S/C24H28F3N5O2/c1-30-20(14-21(29-30)24(25,26)27)15-6-11-19-18(13-15)28-23(31-12-4-3-5-22(31)33)32(19)16-7-9-17(34-2)10-8-16/h6,11,13-14,16-17H,3-5,7-10,12H2,1-2H3. The highest BCUT2D eigenvalue weighted by Gasteiger charge is 2.35. The largest absolute Gasteiger partial charge is 0.435 e. The van der Waals surface area contributed by atoms with E-state index < -0.39 is 11.9 Å². The van der Waals surface area contributed by atoms with Gasteiger partial charge >= 0.3 is 6.18 Å². The molecule has 1 aromatic carbocycles. The number of hydrogen-bond acceptors (Lipinski definition) is 4. The van der Waals surface area contributed by atoms with Crippen LogP contribution >= 0.6 is 0 Å². The lowest BCUT2D eigenvalue weighted by Gasteiger charge is -2.33. The van der Waals surface area contributed by atoms with Crippen LogP contribution in [0.2, 0.25) is 0 Å². The molecule has 0 spiro atoms. The summed E-state index contributed by atoms with van der Waals surface area (Å²) in [6.07, 6.45) is 1.72. The third-order valence-electron chi connectivity index (χ3n) is 7.04. The predicted molar refractivity (Wildman–Crippen MR) is 121 cm³/mol. The zero-order valence-electron chi connectivity index (χ0n) is 19.3. The summed E-state index contributed by atoms with van der Waals surface area (Å²) >= 11 is 0. The highest BCUT2D eigenvalue weighted by molar-refractivity contribution is 5.95. The van der Waals surface area contributed by atoms with Crippen LogP contribution in [0.15, 0.2) is 24.3 Å². The number of alkyl halides is 3. The minimum Gasteiger partial charge on any atom is -0.381 e. The summed E-state index contributed by atoms with van der Waals surface area (Å²) in [6.45, 7) is 0.624. The summed E-state index contributed by atoms with van der Waals surface area (Å²) in [6, 6.07) is 6.74. The van der Waals surface area contributed by atoms with E-state index in [2.05, 4.69) is 9.67 Å². The van der Waals surface area contributed by atoms with Crippen molar-refractivity contribution in [2.75, 3.05) is 18.6 Å². The monoisotopic (exact) mass is 475 g/mol. The van der Waals surface area contributed by atoms with Crippen molar-refractivity contribution >= 4 is 22.9 Å². The van der Waals surface area contributed by atoms with Gasteiger partial charge in [-0.3, -0.25) is 14.4 Å². The minimum absolute atomic E-state index is 0.0649. The normalized spacial score (nSPS) is 22.0. The lowest BCUT2D eigenvalue weighted by Crippen LogP contribution is -2.38. The number of rotatable bonds is 4. The maximum atomic E-state index is 13.2. The van der Waals surface area contributed by atoms with Crippen LogP contribution in [-0.4, -0.2) is 45.0 Å². The first kappa shape index (κ1) is 22.9. The third kappa shape index (κ3) is 4.08. The number of methoxy groups -OCH3 is 1. The topological polar surface area (TPSA) is 65.2 Å². The van der Waals surface area contributed by atoms with Crippen molar-refractivity contribution in [1.82, 2.24) is 19.3 Å². The van der Waals surface area contributed by atoms with Crippen LogP contribution < -0.4 is 4.90 Å². The van der Waals surface area contributed by atoms with E-state index >= 15 is 0 Å². The van der Waals surface area contributed by atoms with E-state index in [4.69, 9.17) is 9.72 Å². The molecule has 2 aliphatic rings. The van der Waals surface area contributed by atoms with Crippen molar-refractivity contribution in [2.24, 2.45) is 7.05 Å². The SMILES string of the molecule is COC1CCC(n2c(N3CCCCC3=O)nc3cc(-c4cc(C(F)(F)F)nn4C)ccc32)CC1. The number of anilines is 1. The fraction of sp³-hybridized carbons (Fsp3) is 0.542. The van der Waals surface area contributed by atoms with Crippen molar-refractivity contribution in [2.45, 2.75) is 63.3 Å². The second-order valence-electron chi connectivity index (χ2n) is 9.19. The van der Waals surface area contributed by atoms with Crippen LogP contribution in [0.1, 0.15) is 56.7 Å². The molecule has 0 N–H and O–H groups in total. The molecule has 1 saturated heterocycles. The molecule has 10 heteroatoms. The number of piperidine rings is 1. The highest BCUT2D eigenvalue weighted by atomic mass is 19.4. The number of hydrogen-bond donors (Lipinski definition) is 0. The summed E-state index contributed by atoms with van der Waals surface area (Å²) < 4.78 is 48.4. The van der Waals surface area contributed by atoms with E-state index in [0.29, 0.717) is 35.7 Å². The van der Waals surface area contributed by atoms with Crippen molar-refractivity contribution in [3.8, 4) is 11.3 Å². The van der Waals surface area contributed by atoms with E-state index in [1.165, 1.54) is 11.7 Å². The Morgan fingerprint density at radius 1 is 1.09 bits per heavy atom. The zero-order valence-corrected chi connectivity index (χ0v) is 19.3. The number of nitrogens with zero attached hydrogens (tertiary/aromatic N) is 5. The lowest BCUT2D eigenvalue weighted by molar-refractivity contribution is -0.141. The Balaban J connectivity index is 1.59. The first-order valence-corrected chi connectivity index (χ1v) is 11.7. The van der Waals surface area contributed by atoms with Crippen LogP contribution in [0.3, 0.4) is 0 Å². The van der Waals surface area contributed by atoms with Crippen LogP contribution in [0.4, 0.5) is 19.1 Å². The Kier molecular flexibility index (Phi) is 5.87. The molecule has 1 aliphatic heterocycles.